The summed E-state index contributed by atoms with van der Waals surface area (Å²) in [5.41, 5.74) is 2.12. The van der Waals surface area contributed by atoms with Gasteiger partial charge in [0.05, 0.1) is 6.20 Å². The molecule has 6 nitrogen and oxygen atoms in total. The molecule has 0 radical (unpaired) electrons. The van der Waals surface area contributed by atoms with Crippen molar-refractivity contribution in [3.8, 4) is 0 Å². The van der Waals surface area contributed by atoms with E-state index in [2.05, 4.69) is 80.5 Å². The highest BCUT2D eigenvalue weighted by atomic mass is 32.2. The molecule has 3 aromatic heterocycles. The van der Waals surface area contributed by atoms with Crippen LogP contribution in [0.2, 0.25) is 0 Å². The van der Waals surface area contributed by atoms with E-state index in [4.69, 9.17) is 0 Å². The highest BCUT2D eigenvalue weighted by Gasteiger charge is 2.11. The van der Waals surface area contributed by atoms with E-state index in [-0.39, 0.29) is 0 Å². The van der Waals surface area contributed by atoms with Crippen molar-refractivity contribution in [3.63, 3.8) is 0 Å². The van der Waals surface area contributed by atoms with Gasteiger partial charge in [-0.1, -0.05) is 43.8 Å². The molecule has 26 heavy (non-hydrogen) atoms. The van der Waals surface area contributed by atoms with Crippen LogP contribution in [-0.2, 0) is 6.54 Å². The SMILES string of the molecule is CC(C)c1nnc2ccc(Sc3ccccc3CNc3ccn[nH]3)cn12. The number of nitrogens with zero attached hydrogens (tertiary/aromatic N) is 4. The molecule has 0 unspecified atom stereocenters. The van der Waals surface area contributed by atoms with Crippen molar-refractivity contribution in [2.24, 2.45) is 0 Å². The van der Waals surface area contributed by atoms with E-state index in [1.54, 1.807) is 18.0 Å². The minimum atomic E-state index is 0.330. The van der Waals surface area contributed by atoms with Gasteiger partial charge >= 0.3 is 0 Å². The van der Waals surface area contributed by atoms with Gasteiger partial charge in [0.1, 0.15) is 11.6 Å². The number of H-pyrrole nitrogens is 1. The Morgan fingerprint density at radius 3 is 2.81 bits per heavy atom. The van der Waals surface area contributed by atoms with Crippen LogP contribution in [0, 0.1) is 0 Å². The van der Waals surface area contributed by atoms with Crippen LogP contribution in [0.4, 0.5) is 5.82 Å². The number of aromatic nitrogens is 5. The summed E-state index contributed by atoms with van der Waals surface area (Å²) in [5.74, 6) is 2.23. The van der Waals surface area contributed by atoms with E-state index in [0.717, 1.165) is 28.7 Å². The molecule has 0 spiro atoms. The van der Waals surface area contributed by atoms with E-state index >= 15 is 0 Å². The molecular weight excluding hydrogens is 344 g/mol. The minimum absolute atomic E-state index is 0.330. The van der Waals surface area contributed by atoms with Crippen molar-refractivity contribution in [1.29, 1.82) is 0 Å². The predicted octanol–water partition coefficient (Wildman–Crippen LogP) is 4.34. The Hall–Kier alpha value is -2.80. The van der Waals surface area contributed by atoms with E-state index in [1.807, 2.05) is 12.1 Å². The Kier molecular flexibility index (Phi) is 4.62. The van der Waals surface area contributed by atoms with Crippen LogP contribution in [0.5, 0.6) is 0 Å². The summed E-state index contributed by atoms with van der Waals surface area (Å²) >= 11 is 1.75. The molecule has 0 aliphatic heterocycles. The maximum atomic E-state index is 4.30. The van der Waals surface area contributed by atoms with Crippen LogP contribution in [0.3, 0.4) is 0 Å². The summed E-state index contributed by atoms with van der Waals surface area (Å²) < 4.78 is 2.08. The van der Waals surface area contributed by atoms with E-state index in [1.165, 1.54) is 10.5 Å². The third-order valence-corrected chi connectivity index (χ3v) is 5.18. The average Bonchev–Trinajstić information content (AvgIpc) is 3.30. The molecule has 132 valence electrons. The molecule has 0 saturated heterocycles. The average molecular weight is 364 g/mol. The number of hydrogen-bond donors (Lipinski definition) is 2. The van der Waals surface area contributed by atoms with Crippen molar-refractivity contribution < 1.29 is 0 Å². The summed E-state index contributed by atoms with van der Waals surface area (Å²) in [6.45, 7) is 5.00. The van der Waals surface area contributed by atoms with Gasteiger partial charge in [-0.25, -0.2) is 0 Å². The maximum absolute atomic E-state index is 4.30. The second-order valence-electron chi connectivity index (χ2n) is 6.34. The van der Waals surface area contributed by atoms with Gasteiger partial charge in [0, 0.05) is 28.5 Å². The van der Waals surface area contributed by atoms with Crippen LogP contribution >= 0.6 is 11.8 Å². The maximum Gasteiger partial charge on any atom is 0.160 e. The number of pyridine rings is 1. The summed E-state index contributed by atoms with van der Waals surface area (Å²) in [7, 11) is 0. The topological polar surface area (TPSA) is 70.9 Å². The van der Waals surface area contributed by atoms with Crippen molar-refractivity contribution in [1.82, 2.24) is 24.8 Å². The first kappa shape index (κ1) is 16.7. The summed E-state index contributed by atoms with van der Waals surface area (Å²) in [4.78, 5) is 2.38. The molecule has 0 amide bonds. The molecular formula is C19H20N6S. The molecule has 2 N–H and O–H groups in total. The van der Waals surface area contributed by atoms with E-state index in [9.17, 15) is 0 Å². The molecule has 0 aliphatic rings. The van der Waals surface area contributed by atoms with Crippen molar-refractivity contribution in [2.75, 3.05) is 5.32 Å². The fourth-order valence-electron chi connectivity index (χ4n) is 2.76. The van der Waals surface area contributed by atoms with Gasteiger partial charge in [0.15, 0.2) is 5.65 Å². The molecule has 7 heteroatoms. The zero-order valence-corrected chi connectivity index (χ0v) is 15.5. The smallest absolute Gasteiger partial charge is 0.160 e. The molecule has 1 aromatic carbocycles. The Labute approximate surface area is 156 Å². The quantitative estimate of drug-likeness (QED) is 0.532. The number of anilines is 1. The monoisotopic (exact) mass is 364 g/mol. The normalized spacial score (nSPS) is 11.3. The molecule has 4 aromatic rings. The minimum Gasteiger partial charge on any atom is -0.366 e. The summed E-state index contributed by atoms with van der Waals surface area (Å²) in [6, 6.07) is 14.5. The van der Waals surface area contributed by atoms with Crippen molar-refractivity contribution in [3.05, 3.63) is 66.2 Å². The summed E-state index contributed by atoms with van der Waals surface area (Å²) in [6.07, 6.45) is 3.86. The molecule has 0 saturated carbocycles. The summed E-state index contributed by atoms with van der Waals surface area (Å²) in [5, 5.41) is 18.8. The van der Waals surface area contributed by atoms with Crippen LogP contribution in [0.1, 0.15) is 31.2 Å². The third-order valence-electron chi connectivity index (χ3n) is 4.09. The highest BCUT2D eigenvalue weighted by molar-refractivity contribution is 7.99. The Morgan fingerprint density at radius 2 is 2.00 bits per heavy atom. The van der Waals surface area contributed by atoms with Crippen molar-refractivity contribution in [2.45, 2.75) is 36.1 Å². The number of benzene rings is 1. The second kappa shape index (κ2) is 7.21. The molecule has 0 bridgehead atoms. The Bertz CT molecular complexity index is 1010. The van der Waals surface area contributed by atoms with Gasteiger partial charge < -0.3 is 5.32 Å². The van der Waals surface area contributed by atoms with Crippen LogP contribution in [0.25, 0.3) is 5.65 Å². The fraction of sp³-hybridized carbons (Fsp3) is 0.211. The van der Waals surface area contributed by atoms with Gasteiger partial charge in [0.2, 0.25) is 0 Å². The lowest BCUT2D eigenvalue weighted by atomic mass is 10.2. The van der Waals surface area contributed by atoms with Gasteiger partial charge in [-0.05, 0) is 29.8 Å². The number of fused-ring (bicyclic) bond motifs is 1. The first-order valence-corrected chi connectivity index (χ1v) is 9.36. The first-order valence-electron chi connectivity index (χ1n) is 8.54. The van der Waals surface area contributed by atoms with Crippen LogP contribution in [0.15, 0.2) is 64.6 Å². The number of aromatic amines is 1. The van der Waals surface area contributed by atoms with Crippen LogP contribution < -0.4 is 5.32 Å². The zero-order chi connectivity index (χ0) is 17.9. The van der Waals surface area contributed by atoms with Gasteiger partial charge in [-0.15, -0.1) is 10.2 Å². The predicted molar refractivity (Wildman–Crippen MR) is 104 cm³/mol. The number of nitrogens with one attached hydrogen (secondary N) is 2. The molecule has 0 fully saturated rings. The Balaban J connectivity index is 1.59. The molecule has 0 atom stereocenters. The molecule has 4 rings (SSSR count). The first-order chi connectivity index (χ1) is 12.7. The third kappa shape index (κ3) is 3.43. The van der Waals surface area contributed by atoms with Gasteiger partial charge in [-0.3, -0.25) is 9.50 Å². The van der Waals surface area contributed by atoms with E-state index in [0.29, 0.717) is 5.92 Å². The van der Waals surface area contributed by atoms with Gasteiger partial charge in [-0.2, -0.15) is 5.10 Å². The molecule has 3 heterocycles. The molecule has 0 aliphatic carbocycles. The lowest BCUT2D eigenvalue weighted by Crippen LogP contribution is -2.01. The zero-order valence-electron chi connectivity index (χ0n) is 14.7. The second-order valence-corrected chi connectivity index (χ2v) is 7.45. The number of rotatable bonds is 6. The largest absolute Gasteiger partial charge is 0.366 e. The van der Waals surface area contributed by atoms with E-state index < -0.39 is 0 Å². The van der Waals surface area contributed by atoms with Crippen LogP contribution in [-0.4, -0.2) is 24.8 Å². The lowest BCUT2D eigenvalue weighted by Gasteiger charge is -2.11. The standard InChI is InChI=1S/C19H20N6S/c1-13(2)19-24-23-18-8-7-15(12-25(18)19)26-16-6-4-3-5-14(16)11-20-17-9-10-21-22-17/h3-10,12-13H,11H2,1-2H3,(H2,20,21,22). The highest BCUT2D eigenvalue weighted by Crippen LogP contribution is 2.31. The number of hydrogen-bond acceptors (Lipinski definition) is 5. The Morgan fingerprint density at radius 1 is 1.12 bits per heavy atom. The van der Waals surface area contributed by atoms with Gasteiger partial charge in [0.25, 0.3) is 0 Å². The van der Waals surface area contributed by atoms with Crippen molar-refractivity contribution >= 4 is 23.2 Å². The fourth-order valence-corrected chi connectivity index (χ4v) is 3.73. The lowest BCUT2D eigenvalue weighted by molar-refractivity contribution is 0.756.